The lowest BCUT2D eigenvalue weighted by Crippen LogP contribution is -2.26. The van der Waals surface area contributed by atoms with Crippen molar-refractivity contribution in [2.75, 3.05) is 28.4 Å². The highest BCUT2D eigenvalue weighted by Crippen LogP contribution is 2.31. The second-order valence-electron chi connectivity index (χ2n) is 7.53. The predicted octanol–water partition coefficient (Wildman–Crippen LogP) is 4.53. The van der Waals surface area contributed by atoms with E-state index in [1.807, 2.05) is 30.3 Å². The van der Waals surface area contributed by atoms with E-state index in [1.165, 1.54) is 5.56 Å². The lowest BCUT2D eigenvalue weighted by molar-refractivity contribution is 0.0848. The second kappa shape index (κ2) is 11.0. The average Bonchev–Trinajstić information content (AvgIpc) is 2.76. The molecule has 2 aromatic rings. The van der Waals surface area contributed by atoms with E-state index < -0.39 is 6.10 Å². The Labute approximate surface area is 174 Å². The van der Waals surface area contributed by atoms with Crippen LogP contribution >= 0.6 is 0 Å². The molecule has 0 aliphatic rings. The SMILES string of the molecule is COc1ccc(CCC(C)C(C)C(O)Cc2ccc(OC)c(OC)c2)cc1OC. The van der Waals surface area contributed by atoms with E-state index in [0.29, 0.717) is 23.8 Å². The van der Waals surface area contributed by atoms with Crippen molar-refractivity contribution in [2.45, 2.75) is 39.2 Å². The summed E-state index contributed by atoms with van der Waals surface area (Å²) in [7, 11) is 6.53. The minimum Gasteiger partial charge on any atom is -0.493 e. The Morgan fingerprint density at radius 1 is 0.724 bits per heavy atom. The molecule has 3 unspecified atom stereocenters. The van der Waals surface area contributed by atoms with E-state index >= 15 is 0 Å². The van der Waals surface area contributed by atoms with Gasteiger partial charge in [0.05, 0.1) is 34.5 Å². The minimum absolute atomic E-state index is 0.170. The van der Waals surface area contributed by atoms with Crippen LogP contribution in [-0.2, 0) is 12.8 Å². The van der Waals surface area contributed by atoms with Gasteiger partial charge in [0.2, 0.25) is 0 Å². The molecule has 2 aromatic carbocycles. The maximum Gasteiger partial charge on any atom is 0.160 e. The fourth-order valence-corrected chi connectivity index (χ4v) is 3.51. The molecule has 0 saturated heterocycles. The fraction of sp³-hybridized carbons (Fsp3) is 0.500. The highest BCUT2D eigenvalue weighted by molar-refractivity contribution is 5.43. The van der Waals surface area contributed by atoms with Crippen LogP contribution in [0.2, 0.25) is 0 Å². The first-order valence-electron chi connectivity index (χ1n) is 10.0. The van der Waals surface area contributed by atoms with Crippen molar-refractivity contribution < 1.29 is 24.1 Å². The Morgan fingerprint density at radius 3 is 1.72 bits per heavy atom. The summed E-state index contributed by atoms with van der Waals surface area (Å²) in [4.78, 5) is 0. The Balaban J connectivity index is 1.94. The third kappa shape index (κ3) is 6.04. The number of aryl methyl sites for hydroxylation is 1. The van der Waals surface area contributed by atoms with Gasteiger partial charge in [0.25, 0.3) is 0 Å². The van der Waals surface area contributed by atoms with Gasteiger partial charge in [0.15, 0.2) is 23.0 Å². The lowest BCUT2D eigenvalue weighted by Gasteiger charge is -2.25. The van der Waals surface area contributed by atoms with Gasteiger partial charge in [0, 0.05) is 0 Å². The predicted molar refractivity (Wildman–Crippen MR) is 115 cm³/mol. The van der Waals surface area contributed by atoms with Crippen LogP contribution in [0.3, 0.4) is 0 Å². The number of aliphatic hydroxyl groups is 1. The largest absolute Gasteiger partial charge is 0.493 e. The van der Waals surface area contributed by atoms with Crippen molar-refractivity contribution in [3.05, 3.63) is 47.5 Å². The normalized spacial score (nSPS) is 14.0. The van der Waals surface area contributed by atoms with Crippen molar-refractivity contribution in [1.29, 1.82) is 0 Å². The molecule has 160 valence electrons. The first-order valence-corrected chi connectivity index (χ1v) is 10.0. The van der Waals surface area contributed by atoms with Crippen LogP contribution in [-0.4, -0.2) is 39.6 Å². The van der Waals surface area contributed by atoms with Crippen LogP contribution in [0.1, 0.15) is 31.4 Å². The van der Waals surface area contributed by atoms with Crippen LogP contribution < -0.4 is 18.9 Å². The fourth-order valence-electron chi connectivity index (χ4n) is 3.51. The summed E-state index contributed by atoms with van der Waals surface area (Å²) in [5.41, 5.74) is 2.24. The molecule has 0 fully saturated rings. The minimum atomic E-state index is -0.423. The Hall–Kier alpha value is -2.40. The second-order valence-corrected chi connectivity index (χ2v) is 7.53. The number of hydrogen-bond acceptors (Lipinski definition) is 5. The van der Waals surface area contributed by atoms with Crippen molar-refractivity contribution in [3.63, 3.8) is 0 Å². The van der Waals surface area contributed by atoms with Gasteiger partial charge in [-0.1, -0.05) is 26.0 Å². The standard InChI is InChI=1S/C24H34O5/c1-16(7-8-18-9-11-21(26-3)23(14-18)28-5)17(2)20(25)13-19-10-12-22(27-4)24(15-19)29-6/h9-12,14-17,20,25H,7-8,13H2,1-6H3. The summed E-state index contributed by atoms with van der Waals surface area (Å²) in [5, 5.41) is 10.8. The van der Waals surface area contributed by atoms with E-state index in [-0.39, 0.29) is 5.92 Å². The summed E-state index contributed by atoms with van der Waals surface area (Å²) in [5.74, 6) is 3.41. The van der Waals surface area contributed by atoms with E-state index in [1.54, 1.807) is 28.4 Å². The molecule has 0 aliphatic heterocycles. The number of rotatable bonds is 11. The van der Waals surface area contributed by atoms with E-state index in [4.69, 9.17) is 18.9 Å². The maximum atomic E-state index is 10.8. The van der Waals surface area contributed by atoms with Gasteiger partial charge in [-0.25, -0.2) is 0 Å². The van der Waals surface area contributed by atoms with Crippen molar-refractivity contribution >= 4 is 0 Å². The third-order valence-electron chi connectivity index (χ3n) is 5.73. The molecule has 5 nitrogen and oxygen atoms in total. The van der Waals surface area contributed by atoms with Crippen LogP contribution in [0.25, 0.3) is 0 Å². The number of ether oxygens (including phenoxy) is 4. The maximum absolute atomic E-state index is 10.8. The molecule has 29 heavy (non-hydrogen) atoms. The molecule has 0 radical (unpaired) electrons. The zero-order chi connectivity index (χ0) is 21.4. The zero-order valence-electron chi connectivity index (χ0n) is 18.4. The van der Waals surface area contributed by atoms with Crippen molar-refractivity contribution in [2.24, 2.45) is 11.8 Å². The van der Waals surface area contributed by atoms with Gasteiger partial charge >= 0.3 is 0 Å². The van der Waals surface area contributed by atoms with Crippen LogP contribution in [0.4, 0.5) is 0 Å². The first-order chi connectivity index (χ1) is 13.9. The Morgan fingerprint density at radius 2 is 1.21 bits per heavy atom. The van der Waals surface area contributed by atoms with Gasteiger partial charge in [-0.3, -0.25) is 0 Å². The molecule has 2 rings (SSSR count). The molecule has 5 heteroatoms. The Kier molecular flexibility index (Phi) is 8.65. The summed E-state index contributed by atoms with van der Waals surface area (Å²) in [6.45, 7) is 4.31. The number of aliphatic hydroxyl groups excluding tert-OH is 1. The van der Waals surface area contributed by atoms with Gasteiger partial charge in [-0.2, -0.15) is 0 Å². The smallest absolute Gasteiger partial charge is 0.160 e. The average molecular weight is 403 g/mol. The summed E-state index contributed by atoms with van der Waals surface area (Å²) in [6.07, 6.45) is 2.07. The molecule has 1 N–H and O–H groups in total. The summed E-state index contributed by atoms with van der Waals surface area (Å²) >= 11 is 0. The van der Waals surface area contributed by atoms with E-state index in [0.717, 1.165) is 29.9 Å². The lowest BCUT2D eigenvalue weighted by atomic mass is 9.84. The quantitative estimate of drug-likeness (QED) is 0.598. The zero-order valence-corrected chi connectivity index (χ0v) is 18.4. The topological polar surface area (TPSA) is 57.2 Å². The third-order valence-corrected chi connectivity index (χ3v) is 5.73. The highest BCUT2D eigenvalue weighted by atomic mass is 16.5. The van der Waals surface area contributed by atoms with Crippen molar-refractivity contribution in [1.82, 2.24) is 0 Å². The molecule has 0 saturated carbocycles. The number of hydrogen-bond donors (Lipinski definition) is 1. The molecule has 0 spiro atoms. The molecule has 0 amide bonds. The first kappa shape index (κ1) is 22.9. The van der Waals surface area contributed by atoms with E-state index in [9.17, 15) is 5.11 Å². The number of methoxy groups -OCH3 is 4. The summed E-state index contributed by atoms with van der Waals surface area (Å²) < 4.78 is 21.3. The molecular weight excluding hydrogens is 368 g/mol. The molecule has 0 bridgehead atoms. The van der Waals surface area contributed by atoms with Gasteiger partial charge in [0.1, 0.15) is 0 Å². The van der Waals surface area contributed by atoms with Crippen LogP contribution in [0.5, 0.6) is 23.0 Å². The monoisotopic (exact) mass is 402 g/mol. The van der Waals surface area contributed by atoms with Crippen molar-refractivity contribution in [3.8, 4) is 23.0 Å². The molecule has 0 heterocycles. The Bertz CT molecular complexity index is 774. The van der Waals surface area contributed by atoms with Crippen LogP contribution in [0, 0.1) is 11.8 Å². The van der Waals surface area contributed by atoms with E-state index in [2.05, 4.69) is 19.9 Å². The van der Waals surface area contributed by atoms with Gasteiger partial charge in [-0.15, -0.1) is 0 Å². The van der Waals surface area contributed by atoms with Crippen LogP contribution in [0.15, 0.2) is 36.4 Å². The van der Waals surface area contributed by atoms with Gasteiger partial charge in [-0.05, 0) is 66.5 Å². The van der Waals surface area contributed by atoms with Gasteiger partial charge < -0.3 is 24.1 Å². The highest BCUT2D eigenvalue weighted by Gasteiger charge is 2.22. The molecular formula is C24H34O5. The molecule has 0 aliphatic carbocycles. The summed E-state index contributed by atoms with van der Waals surface area (Å²) in [6, 6.07) is 11.8. The number of benzene rings is 2. The molecule has 0 aromatic heterocycles. The molecule has 3 atom stereocenters.